The van der Waals surface area contributed by atoms with Crippen molar-refractivity contribution in [1.29, 1.82) is 0 Å². The van der Waals surface area contributed by atoms with Crippen molar-refractivity contribution in [2.75, 3.05) is 18.4 Å². The zero-order valence-electron chi connectivity index (χ0n) is 20.0. The smallest absolute Gasteiger partial charge is 0.257 e. The van der Waals surface area contributed by atoms with Crippen LogP contribution in [0.1, 0.15) is 56.0 Å². The molecule has 8 heteroatoms. The second-order valence-corrected chi connectivity index (χ2v) is 12.4. The number of carbonyl (C=O) groups is 1. The van der Waals surface area contributed by atoms with E-state index >= 15 is 0 Å². The molecule has 0 spiro atoms. The van der Waals surface area contributed by atoms with Crippen molar-refractivity contribution in [3.05, 3.63) is 65.0 Å². The predicted molar refractivity (Wildman–Crippen MR) is 138 cm³/mol. The average Bonchev–Trinajstić information content (AvgIpc) is 3.27. The number of anilines is 1. The standard InChI is InChI=1S/C26H31N3O3S2/c1-17(2)20-5-7-21(8-6-20)24-16-33-26(27-24)28-25(30)22-9-11-23(12-10-22)34(31,32)29-14-18(3)13-19(4)15-29/h5-12,16-19H,13-15H2,1-4H3,(H,27,28,30). The molecule has 1 aliphatic rings. The fraction of sp³-hybridized carbons (Fsp3) is 0.385. The highest BCUT2D eigenvalue weighted by Gasteiger charge is 2.31. The number of hydrogen-bond donors (Lipinski definition) is 1. The third-order valence-electron chi connectivity index (χ3n) is 6.19. The van der Waals surface area contributed by atoms with Crippen molar-refractivity contribution in [2.24, 2.45) is 11.8 Å². The fourth-order valence-corrected chi connectivity index (χ4v) is 6.80. The Balaban J connectivity index is 1.43. The van der Waals surface area contributed by atoms with Gasteiger partial charge in [0, 0.05) is 29.6 Å². The van der Waals surface area contributed by atoms with Gasteiger partial charge in [-0.3, -0.25) is 10.1 Å². The summed E-state index contributed by atoms with van der Waals surface area (Å²) >= 11 is 1.36. The number of hydrogen-bond acceptors (Lipinski definition) is 5. The molecule has 1 N–H and O–H groups in total. The van der Waals surface area contributed by atoms with E-state index in [1.165, 1.54) is 29.0 Å². The molecule has 34 heavy (non-hydrogen) atoms. The largest absolute Gasteiger partial charge is 0.298 e. The molecule has 1 amide bonds. The van der Waals surface area contributed by atoms with Gasteiger partial charge in [0.15, 0.2) is 5.13 Å². The minimum Gasteiger partial charge on any atom is -0.298 e. The maximum Gasteiger partial charge on any atom is 0.257 e. The second-order valence-electron chi connectivity index (χ2n) is 9.56. The summed E-state index contributed by atoms with van der Waals surface area (Å²) in [6, 6.07) is 14.4. The van der Waals surface area contributed by atoms with E-state index in [2.05, 4.69) is 50.1 Å². The van der Waals surface area contributed by atoms with E-state index in [-0.39, 0.29) is 10.8 Å². The van der Waals surface area contributed by atoms with Gasteiger partial charge in [-0.25, -0.2) is 13.4 Å². The van der Waals surface area contributed by atoms with Crippen LogP contribution in [0.25, 0.3) is 11.3 Å². The molecule has 0 aliphatic carbocycles. The minimum atomic E-state index is -3.57. The zero-order valence-corrected chi connectivity index (χ0v) is 21.6. The van der Waals surface area contributed by atoms with Crippen LogP contribution in [0.5, 0.6) is 0 Å². The highest BCUT2D eigenvalue weighted by atomic mass is 32.2. The van der Waals surface area contributed by atoms with Crippen molar-refractivity contribution < 1.29 is 13.2 Å². The molecule has 2 heterocycles. The first-order valence-corrected chi connectivity index (χ1v) is 13.9. The van der Waals surface area contributed by atoms with Gasteiger partial charge in [-0.05, 0) is 54.0 Å². The Kier molecular flexibility index (Phi) is 7.21. The van der Waals surface area contributed by atoms with Crippen LogP contribution in [-0.4, -0.2) is 36.7 Å². The maximum absolute atomic E-state index is 13.1. The van der Waals surface area contributed by atoms with Crippen molar-refractivity contribution >= 4 is 32.4 Å². The van der Waals surface area contributed by atoms with Crippen molar-refractivity contribution in [1.82, 2.24) is 9.29 Å². The van der Waals surface area contributed by atoms with E-state index in [0.29, 0.717) is 41.5 Å². The number of piperidine rings is 1. The molecule has 4 rings (SSSR count). The lowest BCUT2D eigenvalue weighted by Crippen LogP contribution is -2.42. The van der Waals surface area contributed by atoms with Gasteiger partial charge in [0.25, 0.3) is 5.91 Å². The Bertz CT molecular complexity index is 1240. The number of nitrogens with one attached hydrogen (secondary N) is 1. The molecule has 180 valence electrons. The molecular weight excluding hydrogens is 466 g/mol. The molecular formula is C26H31N3O3S2. The van der Waals surface area contributed by atoms with Crippen molar-refractivity contribution in [2.45, 2.75) is 44.9 Å². The third-order valence-corrected chi connectivity index (χ3v) is 8.79. The van der Waals surface area contributed by atoms with Crippen LogP contribution in [0.4, 0.5) is 5.13 Å². The molecule has 2 unspecified atom stereocenters. The van der Waals surface area contributed by atoms with Crippen molar-refractivity contribution in [3.8, 4) is 11.3 Å². The zero-order chi connectivity index (χ0) is 24.5. The van der Waals surface area contributed by atoms with E-state index in [4.69, 9.17) is 0 Å². The number of aromatic nitrogens is 1. The number of thiazole rings is 1. The van der Waals surface area contributed by atoms with Gasteiger partial charge in [-0.2, -0.15) is 4.31 Å². The lowest BCUT2D eigenvalue weighted by atomic mass is 9.94. The van der Waals surface area contributed by atoms with Gasteiger partial charge in [-0.1, -0.05) is 52.0 Å². The van der Waals surface area contributed by atoms with Gasteiger partial charge in [0.1, 0.15) is 0 Å². The van der Waals surface area contributed by atoms with Crippen LogP contribution in [0.3, 0.4) is 0 Å². The SMILES string of the molecule is CC1CC(C)CN(S(=O)(=O)c2ccc(C(=O)Nc3nc(-c4ccc(C(C)C)cc4)cs3)cc2)C1. The topological polar surface area (TPSA) is 79.4 Å². The summed E-state index contributed by atoms with van der Waals surface area (Å²) in [6.45, 7) is 9.53. The summed E-state index contributed by atoms with van der Waals surface area (Å²) in [4.78, 5) is 17.5. The van der Waals surface area contributed by atoms with Crippen LogP contribution in [0, 0.1) is 11.8 Å². The lowest BCUT2D eigenvalue weighted by Gasteiger charge is -2.34. The number of nitrogens with zero attached hydrogens (tertiary/aromatic N) is 2. The first-order valence-electron chi connectivity index (χ1n) is 11.6. The number of amides is 1. The Morgan fingerprint density at radius 3 is 2.24 bits per heavy atom. The molecule has 1 aromatic heterocycles. The van der Waals surface area contributed by atoms with Crippen LogP contribution < -0.4 is 5.32 Å². The monoisotopic (exact) mass is 497 g/mol. The Morgan fingerprint density at radius 2 is 1.65 bits per heavy atom. The summed E-state index contributed by atoms with van der Waals surface area (Å²) in [6.07, 6.45) is 1.03. The normalized spacial score (nSPS) is 19.3. The van der Waals surface area contributed by atoms with E-state index in [0.717, 1.165) is 17.7 Å². The fourth-order valence-electron chi connectivity index (χ4n) is 4.40. The number of benzene rings is 2. The van der Waals surface area contributed by atoms with Gasteiger partial charge in [0.2, 0.25) is 10.0 Å². The van der Waals surface area contributed by atoms with Gasteiger partial charge in [0.05, 0.1) is 10.6 Å². The molecule has 0 bridgehead atoms. The molecule has 1 aliphatic heterocycles. The summed E-state index contributed by atoms with van der Waals surface area (Å²) in [5.41, 5.74) is 3.46. The maximum atomic E-state index is 13.1. The first kappa shape index (κ1) is 24.6. The predicted octanol–water partition coefficient (Wildman–Crippen LogP) is 5.85. The molecule has 1 fully saturated rings. The first-order chi connectivity index (χ1) is 16.1. The van der Waals surface area contributed by atoms with E-state index in [1.807, 2.05) is 17.5 Å². The van der Waals surface area contributed by atoms with Gasteiger partial charge >= 0.3 is 0 Å². The van der Waals surface area contributed by atoms with E-state index in [9.17, 15) is 13.2 Å². The van der Waals surface area contributed by atoms with Gasteiger partial charge in [-0.15, -0.1) is 11.3 Å². The summed E-state index contributed by atoms with van der Waals surface area (Å²) in [5, 5.41) is 5.23. The van der Waals surface area contributed by atoms with Crippen LogP contribution in [0.15, 0.2) is 58.8 Å². The second kappa shape index (κ2) is 9.98. The number of rotatable bonds is 6. The molecule has 0 saturated carbocycles. The van der Waals surface area contributed by atoms with Crippen LogP contribution >= 0.6 is 11.3 Å². The minimum absolute atomic E-state index is 0.215. The third kappa shape index (κ3) is 5.40. The lowest BCUT2D eigenvalue weighted by molar-refractivity contribution is 0.102. The molecule has 6 nitrogen and oxygen atoms in total. The van der Waals surface area contributed by atoms with Gasteiger partial charge < -0.3 is 0 Å². The van der Waals surface area contributed by atoms with Crippen LogP contribution in [0.2, 0.25) is 0 Å². The molecule has 2 atom stereocenters. The van der Waals surface area contributed by atoms with Crippen molar-refractivity contribution in [3.63, 3.8) is 0 Å². The van der Waals surface area contributed by atoms with E-state index < -0.39 is 10.0 Å². The molecule has 2 aromatic carbocycles. The summed E-state index contributed by atoms with van der Waals surface area (Å²) in [7, 11) is -3.57. The molecule has 1 saturated heterocycles. The number of carbonyl (C=O) groups excluding carboxylic acids is 1. The summed E-state index contributed by atoms with van der Waals surface area (Å²) in [5.74, 6) is 0.813. The quantitative estimate of drug-likeness (QED) is 0.463. The average molecular weight is 498 g/mol. The van der Waals surface area contributed by atoms with E-state index in [1.54, 1.807) is 16.4 Å². The summed E-state index contributed by atoms with van der Waals surface area (Å²) < 4.78 is 27.7. The Hall–Kier alpha value is -2.55. The highest BCUT2D eigenvalue weighted by molar-refractivity contribution is 7.89. The molecule has 3 aromatic rings. The Morgan fingerprint density at radius 1 is 1.03 bits per heavy atom. The Labute approximate surface area is 206 Å². The highest BCUT2D eigenvalue weighted by Crippen LogP contribution is 2.28. The molecule has 0 radical (unpaired) electrons. The number of sulfonamides is 1. The van der Waals surface area contributed by atoms with Crippen LogP contribution in [-0.2, 0) is 10.0 Å².